The van der Waals surface area contributed by atoms with Crippen molar-refractivity contribution < 1.29 is 26.7 Å². The summed E-state index contributed by atoms with van der Waals surface area (Å²) in [5.74, 6) is -1.97. The summed E-state index contributed by atoms with van der Waals surface area (Å²) in [5, 5.41) is 2.50. The lowest BCUT2D eigenvalue weighted by atomic mass is 10.1. The van der Waals surface area contributed by atoms with E-state index in [9.17, 15) is 22.0 Å². The summed E-state index contributed by atoms with van der Waals surface area (Å²) in [6, 6.07) is 9.27. The molecule has 1 amide bonds. The number of benzene rings is 2. The number of ether oxygens (including phenoxy) is 1. The van der Waals surface area contributed by atoms with E-state index in [2.05, 4.69) is 5.32 Å². The minimum atomic E-state index is -3.85. The van der Waals surface area contributed by atoms with Crippen molar-refractivity contribution in [3.8, 4) is 0 Å². The molecule has 0 atom stereocenters. The Morgan fingerprint density at radius 1 is 1.07 bits per heavy atom. The topological polar surface area (TPSA) is 75.7 Å². The molecule has 0 spiro atoms. The van der Waals surface area contributed by atoms with Crippen LogP contribution >= 0.6 is 0 Å². The molecule has 2 aromatic rings. The monoisotopic (exact) mass is 410 g/mol. The summed E-state index contributed by atoms with van der Waals surface area (Å²) in [4.78, 5) is 12.2. The van der Waals surface area contributed by atoms with Crippen molar-refractivity contribution >= 4 is 15.9 Å². The molecule has 1 N–H and O–H groups in total. The van der Waals surface area contributed by atoms with Crippen LogP contribution in [-0.4, -0.2) is 51.5 Å². The van der Waals surface area contributed by atoms with Crippen LogP contribution in [0.4, 0.5) is 8.78 Å². The first kappa shape index (κ1) is 20.4. The van der Waals surface area contributed by atoms with E-state index in [-0.39, 0.29) is 55.5 Å². The molecular weight excluding hydrogens is 390 g/mol. The average molecular weight is 410 g/mol. The van der Waals surface area contributed by atoms with Crippen LogP contribution in [0.15, 0.2) is 47.4 Å². The number of halogens is 2. The van der Waals surface area contributed by atoms with E-state index in [1.807, 2.05) is 0 Å². The molecule has 0 aliphatic carbocycles. The van der Waals surface area contributed by atoms with Crippen molar-refractivity contribution in [1.82, 2.24) is 9.62 Å². The van der Waals surface area contributed by atoms with Crippen LogP contribution in [0, 0.1) is 11.6 Å². The van der Waals surface area contributed by atoms with Crippen LogP contribution in [-0.2, 0) is 21.2 Å². The van der Waals surface area contributed by atoms with E-state index in [1.165, 1.54) is 10.4 Å². The van der Waals surface area contributed by atoms with E-state index in [0.717, 1.165) is 18.2 Å². The van der Waals surface area contributed by atoms with Crippen LogP contribution in [0.25, 0.3) is 0 Å². The Hall–Kier alpha value is -2.36. The number of hydrogen-bond acceptors (Lipinski definition) is 4. The number of carbonyl (C=O) groups excluding carboxylic acids is 1. The Bertz CT molecular complexity index is 960. The van der Waals surface area contributed by atoms with Gasteiger partial charge in [-0.05, 0) is 36.2 Å². The fraction of sp³-hybridized carbons (Fsp3) is 0.316. The predicted octanol–water partition coefficient (Wildman–Crippen LogP) is 1.96. The summed E-state index contributed by atoms with van der Waals surface area (Å²) in [7, 11) is -3.85. The molecule has 1 saturated heterocycles. The van der Waals surface area contributed by atoms with Gasteiger partial charge in [0.25, 0.3) is 5.91 Å². The van der Waals surface area contributed by atoms with Crippen molar-refractivity contribution in [3.05, 3.63) is 65.2 Å². The van der Waals surface area contributed by atoms with Crippen LogP contribution in [0.1, 0.15) is 15.9 Å². The zero-order valence-corrected chi connectivity index (χ0v) is 15.8. The molecule has 1 aliphatic rings. The lowest BCUT2D eigenvalue weighted by Crippen LogP contribution is -2.40. The highest BCUT2D eigenvalue weighted by Gasteiger charge is 2.27. The normalized spacial score (nSPS) is 15.4. The van der Waals surface area contributed by atoms with Gasteiger partial charge in [0, 0.05) is 19.6 Å². The second-order valence-corrected chi connectivity index (χ2v) is 8.19. The van der Waals surface area contributed by atoms with Crippen molar-refractivity contribution in [2.45, 2.75) is 11.3 Å². The van der Waals surface area contributed by atoms with Crippen LogP contribution in [0.5, 0.6) is 0 Å². The number of nitrogens with zero attached hydrogens (tertiary/aromatic N) is 1. The van der Waals surface area contributed by atoms with Crippen molar-refractivity contribution in [2.75, 3.05) is 32.8 Å². The van der Waals surface area contributed by atoms with Gasteiger partial charge in [0.05, 0.1) is 23.7 Å². The summed E-state index contributed by atoms with van der Waals surface area (Å²) in [5.41, 5.74) is 0.0507. The minimum Gasteiger partial charge on any atom is -0.379 e. The molecule has 0 saturated carbocycles. The van der Waals surface area contributed by atoms with Gasteiger partial charge in [-0.3, -0.25) is 4.79 Å². The molecule has 2 aromatic carbocycles. The zero-order valence-electron chi connectivity index (χ0n) is 15.0. The van der Waals surface area contributed by atoms with E-state index < -0.39 is 21.7 Å². The lowest BCUT2D eigenvalue weighted by molar-refractivity contribution is 0.0730. The molecule has 0 unspecified atom stereocenters. The number of morpholine rings is 1. The van der Waals surface area contributed by atoms with Crippen molar-refractivity contribution in [2.24, 2.45) is 0 Å². The third kappa shape index (κ3) is 4.54. The standard InChI is InChI=1S/C19H20F2N2O4S/c20-17-4-2-1-3-14(17)7-8-22-19(24)16-13-15(5-6-18(16)21)28(25,26)23-9-11-27-12-10-23/h1-6,13H,7-12H2,(H,22,24). The largest absolute Gasteiger partial charge is 0.379 e. The van der Waals surface area contributed by atoms with Crippen LogP contribution < -0.4 is 5.32 Å². The molecule has 28 heavy (non-hydrogen) atoms. The van der Waals surface area contributed by atoms with Gasteiger partial charge in [-0.1, -0.05) is 18.2 Å². The van der Waals surface area contributed by atoms with E-state index in [0.29, 0.717) is 5.56 Å². The predicted molar refractivity (Wildman–Crippen MR) is 98.4 cm³/mol. The quantitative estimate of drug-likeness (QED) is 0.790. The third-order valence-corrected chi connectivity index (χ3v) is 6.32. The Kier molecular flexibility index (Phi) is 6.38. The molecular formula is C19H20F2N2O4S. The van der Waals surface area contributed by atoms with Gasteiger partial charge < -0.3 is 10.1 Å². The first-order valence-electron chi connectivity index (χ1n) is 8.78. The molecule has 1 aliphatic heterocycles. The van der Waals surface area contributed by atoms with Gasteiger partial charge in [0.15, 0.2) is 0 Å². The highest BCUT2D eigenvalue weighted by atomic mass is 32.2. The van der Waals surface area contributed by atoms with E-state index >= 15 is 0 Å². The van der Waals surface area contributed by atoms with E-state index in [1.54, 1.807) is 18.2 Å². The van der Waals surface area contributed by atoms with Crippen molar-refractivity contribution in [1.29, 1.82) is 0 Å². The average Bonchev–Trinajstić information content (AvgIpc) is 2.70. The first-order chi connectivity index (χ1) is 13.4. The molecule has 3 rings (SSSR count). The summed E-state index contributed by atoms with van der Waals surface area (Å²) in [6.07, 6.45) is 0.228. The van der Waals surface area contributed by atoms with Crippen LogP contribution in [0.3, 0.4) is 0 Å². The summed E-state index contributed by atoms with van der Waals surface area (Å²) >= 11 is 0. The Balaban J connectivity index is 1.72. The Morgan fingerprint density at radius 2 is 1.79 bits per heavy atom. The smallest absolute Gasteiger partial charge is 0.254 e. The Morgan fingerprint density at radius 3 is 2.50 bits per heavy atom. The number of sulfonamides is 1. The maximum Gasteiger partial charge on any atom is 0.254 e. The molecule has 0 bridgehead atoms. The van der Waals surface area contributed by atoms with Gasteiger partial charge in [-0.2, -0.15) is 4.31 Å². The van der Waals surface area contributed by atoms with Gasteiger partial charge >= 0.3 is 0 Å². The van der Waals surface area contributed by atoms with Gasteiger partial charge in [-0.25, -0.2) is 17.2 Å². The molecule has 9 heteroatoms. The second-order valence-electron chi connectivity index (χ2n) is 6.26. The molecule has 6 nitrogen and oxygen atoms in total. The number of amides is 1. The van der Waals surface area contributed by atoms with Crippen molar-refractivity contribution in [3.63, 3.8) is 0 Å². The van der Waals surface area contributed by atoms with Gasteiger partial charge in [0.2, 0.25) is 10.0 Å². The number of nitrogens with one attached hydrogen (secondary N) is 1. The van der Waals surface area contributed by atoms with E-state index in [4.69, 9.17) is 4.74 Å². The molecule has 0 radical (unpaired) electrons. The number of rotatable bonds is 6. The third-order valence-electron chi connectivity index (χ3n) is 4.43. The summed E-state index contributed by atoms with van der Waals surface area (Å²) < 4.78 is 59.5. The SMILES string of the molecule is O=C(NCCc1ccccc1F)c1cc(S(=O)(=O)N2CCOCC2)ccc1F. The molecule has 1 heterocycles. The molecule has 0 aromatic heterocycles. The van der Waals surface area contributed by atoms with Gasteiger partial charge in [0.1, 0.15) is 11.6 Å². The fourth-order valence-corrected chi connectivity index (χ4v) is 4.32. The Labute approximate surface area is 162 Å². The zero-order chi connectivity index (χ0) is 20.1. The minimum absolute atomic E-state index is 0.0830. The first-order valence-corrected chi connectivity index (χ1v) is 10.2. The second kappa shape index (κ2) is 8.76. The highest BCUT2D eigenvalue weighted by molar-refractivity contribution is 7.89. The lowest BCUT2D eigenvalue weighted by Gasteiger charge is -2.26. The maximum absolute atomic E-state index is 14.1. The molecule has 150 valence electrons. The fourth-order valence-electron chi connectivity index (χ4n) is 2.88. The highest BCUT2D eigenvalue weighted by Crippen LogP contribution is 2.20. The van der Waals surface area contributed by atoms with Crippen LogP contribution in [0.2, 0.25) is 0 Å². The number of carbonyl (C=O) groups is 1. The summed E-state index contributed by atoms with van der Waals surface area (Å²) in [6.45, 7) is 1.04. The number of hydrogen-bond donors (Lipinski definition) is 1. The molecule has 1 fully saturated rings. The maximum atomic E-state index is 14.1. The van der Waals surface area contributed by atoms with Gasteiger partial charge in [-0.15, -0.1) is 0 Å².